The van der Waals surface area contributed by atoms with Crippen LogP contribution in [0.3, 0.4) is 0 Å². The fourth-order valence-electron chi connectivity index (χ4n) is 1.98. The van der Waals surface area contributed by atoms with Crippen molar-refractivity contribution in [1.29, 1.82) is 0 Å². The Kier molecular flexibility index (Phi) is 5.90. The van der Waals surface area contributed by atoms with Crippen LogP contribution in [0.2, 0.25) is 5.02 Å². The van der Waals surface area contributed by atoms with Crippen molar-refractivity contribution < 1.29 is 9.53 Å². The topological polar surface area (TPSA) is 39.2 Å². The lowest BCUT2D eigenvalue weighted by Gasteiger charge is -2.15. The number of carbonyl (C=O) groups is 1. The van der Waals surface area contributed by atoms with E-state index in [2.05, 4.69) is 4.98 Å². The van der Waals surface area contributed by atoms with Crippen LogP contribution >= 0.6 is 11.6 Å². The molecule has 0 aliphatic rings. The fraction of sp³-hybridized carbons (Fsp3) is 0.294. The SMILES string of the molecule is CCC(CC(=O)c1ccncc1)OCc1ccc(Cl)cc1. The summed E-state index contributed by atoms with van der Waals surface area (Å²) < 4.78 is 5.83. The number of aromatic nitrogens is 1. The molecule has 0 N–H and O–H groups in total. The first kappa shape index (κ1) is 15.7. The van der Waals surface area contributed by atoms with Gasteiger partial charge in [0.2, 0.25) is 0 Å². The number of ether oxygens (including phenoxy) is 1. The van der Waals surface area contributed by atoms with E-state index in [0.717, 1.165) is 12.0 Å². The summed E-state index contributed by atoms with van der Waals surface area (Å²) in [6.45, 7) is 2.51. The molecule has 0 radical (unpaired) electrons. The highest BCUT2D eigenvalue weighted by Crippen LogP contribution is 2.14. The summed E-state index contributed by atoms with van der Waals surface area (Å²) in [6, 6.07) is 11.0. The molecule has 1 atom stereocenters. The standard InChI is InChI=1S/C17H18ClNO2/c1-2-16(11-17(20)14-7-9-19-10-8-14)21-12-13-3-5-15(18)6-4-13/h3-10,16H,2,11-12H2,1H3. The van der Waals surface area contributed by atoms with Gasteiger partial charge in [-0.1, -0.05) is 30.7 Å². The average molecular weight is 304 g/mol. The van der Waals surface area contributed by atoms with Crippen LogP contribution in [0.25, 0.3) is 0 Å². The zero-order valence-corrected chi connectivity index (χ0v) is 12.7. The molecule has 0 fully saturated rings. The van der Waals surface area contributed by atoms with Gasteiger partial charge in [-0.05, 0) is 36.2 Å². The third-order valence-electron chi connectivity index (χ3n) is 3.27. The molecule has 0 aliphatic carbocycles. The number of hydrogen-bond donors (Lipinski definition) is 0. The molecule has 2 aromatic rings. The summed E-state index contributed by atoms with van der Waals surface area (Å²) in [4.78, 5) is 16.1. The number of rotatable bonds is 7. The Hall–Kier alpha value is -1.71. The van der Waals surface area contributed by atoms with Gasteiger partial charge in [-0.3, -0.25) is 9.78 Å². The van der Waals surface area contributed by atoms with Crippen molar-refractivity contribution in [3.05, 3.63) is 64.9 Å². The van der Waals surface area contributed by atoms with Crippen LogP contribution in [0.4, 0.5) is 0 Å². The Morgan fingerprint density at radius 1 is 1.19 bits per heavy atom. The minimum atomic E-state index is -0.0821. The molecular formula is C17H18ClNO2. The van der Waals surface area contributed by atoms with Crippen LogP contribution in [0.1, 0.15) is 35.7 Å². The molecule has 1 heterocycles. The van der Waals surface area contributed by atoms with E-state index in [1.807, 2.05) is 31.2 Å². The van der Waals surface area contributed by atoms with Crippen LogP contribution in [0.15, 0.2) is 48.8 Å². The van der Waals surface area contributed by atoms with Crippen LogP contribution in [0.5, 0.6) is 0 Å². The molecule has 3 nitrogen and oxygen atoms in total. The smallest absolute Gasteiger partial charge is 0.165 e. The first-order valence-corrected chi connectivity index (χ1v) is 7.36. The highest BCUT2D eigenvalue weighted by molar-refractivity contribution is 6.30. The number of ketones is 1. The molecule has 0 bridgehead atoms. The highest BCUT2D eigenvalue weighted by atomic mass is 35.5. The van der Waals surface area contributed by atoms with E-state index in [1.54, 1.807) is 24.5 Å². The molecule has 1 unspecified atom stereocenters. The lowest BCUT2D eigenvalue weighted by Crippen LogP contribution is -2.17. The number of halogens is 1. The second-order valence-electron chi connectivity index (χ2n) is 4.83. The van der Waals surface area contributed by atoms with E-state index < -0.39 is 0 Å². The van der Waals surface area contributed by atoms with Gasteiger partial charge < -0.3 is 4.74 Å². The molecule has 110 valence electrons. The highest BCUT2D eigenvalue weighted by Gasteiger charge is 2.14. The molecule has 1 aromatic carbocycles. The Labute approximate surface area is 129 Å². The van der Waals surface area contributed by atoms with E-state index in [0.29, 0.717) is 23.6 Å². The van der Waals surface area contributed by atoms with Gasteiger partial charge >= 0.3 is 0 Å². The number of nitrogens with zero attached hydrogens (tertiary/aromatic N) is 1. The number of benzene rings is 1. The molecule has 2 rings (SSSR count). The van der Waals surface area contributed by atoms with E-state index in [4.69, 9.17) is 16.3 Å². The van der Waals surface area contributed by atoms with Gasteiger partial charge in [-0.25, -0.2) is 0 Å². The largest absolute Gasteiger partial charge is 0.373 e. The molecule has 0 amide bonds. The van der Waals surface area contributed by atoms with E-state index in [9.17, 15) is 4.79 Å². The molecule has 1 aromatic heterocycles. The van der Waals surface area contributed by atoms with Crippen LogP contribution in [-0.2, 0) is 11.3 Å². The Bertz CT molecular complexity index is 569. The summed E-state index contributed by atoms with van der Waals surface area (Å²) in [6.07, 6.45) is 4.35. The first-order chi connectivity index (χ1) is 10.2. The van der Waals surface area contributed by atoms with Gasteiger partial charge in [0.25, 0.3) is 0 Å². The number of hydrogen-bond acceptors (Lipinski definition) is 3. The maximum Gasteiger partial charge on any atom is 0.165 e. The van der Waals surface area contributed by atoms with E-state index in [-0.39, 0.29) is 11.9 Å². The van der Waals surface area contributed by atoms with E-state index >= 15 is 0 Å². The van der Waals surface area contributed by atoms with Crippen molar-refractivity contribution in [2.75, 3.05) is 0 Å². The van der Waals surface area contributed by atoms with Gasteiger partial charge in [-0.2, -0.15) is 0 Å². The zero-order valence-electron chi connectivity index (χ0n) is 12.0. The molecule has 21 heavy (non-hydrogen) atoms. The second-order valence-corrected chi connectivity index (χ2v) is 5.27. The average Bonchev–Trinajstić information content (AvgIpc) is 2.53. The van der Waals surface area contributed by atoms with Crippen molar-refractivity contribution in [1.82, 2.24) is 4.98 Å². The molecule has 0 aliphatic heterocycles. The minimum absolute atomic E-state index is 0.0821. The lowest BCUT2D eigenvalue weighted by molar-refractivity contribution is 0.0318. The third-order valence-corrected chi connectivity index (χ3v) is 3.52. The second kappa shape index (κ2) is 7.91. The first-order valence-electron chi connectivity index (χ1n) is 6.98. The molecule has 0 saturated carbocycles. The van der Waals surface area contributed by atoms with Crippen molar-refractivity contribution in [2.24, 2.45) is 0 Å². The molecule has 0 saturated heterocycles. The van der Waals surface area contributed by atoms with Crippen molar-refractivity contribution in [3.8, 4) is 0 Å². The number of Topliss-reactive ketones (excluding diaryl/α,β-unsaturated/α-hetero) is 1. The maximum atomic E-state index is 12.1. The van der Waals surface area contributed by atoms with Crippen molar-refractivity contribution in [2.45, 2.75) is 32.5 Å². The van der Waals surface area contributed by atoms with Gasteiger partial charge in [0, 0.05) is 29.4 Å². The normalized spacial score (nSPS) is 12.1. The van der Waals surface area contributed by atoms with Crippen LogP contribution in [0, 0.1) is 0 Å². The van der Waals surface area contributed by atoms with Crippen LogP contribution in [-0.4, -0.2) is 16.9 Å². The van der Waals surface area contributed by atoms with Gasteiger partial charge in [0.1, 0.15) is 0 Å². The number of pyridine rings is 1. The summed E-state index contributed by atoms with van der Waals surface area (Å²) in [5.74, 6) is 0.0837. The fourth-order valence-corrected chi connectivity index (χ4v) is 2.10. The zero-order chi connectivity index (χ0) is 15.1. The minimum Gasteiger partial charge on any atom is -0.373 e. The summed E-state index contributed by atoms with van der Waals surface area (Å²) in [7, 11) is 0. The molecule has 4 heteroatoms. The van der Waals surface area contributed by atoms with Crippen LogP contribution < -0.4 is 0 Å². The van der Waals surface area contributed by atoms with Gasteiger partial charge in [0.05, 0.1) is 12.7 Å². The predicted molar refractivity (Wildman–Crippen MR) is 83.5 cm³/mol. The van der Waals surface area contributed by atoms with Gasteiger partial charge in [0.15, 0.2) is 5.78 Å². The van der Waals surface area contributed by atoms with Crippen molar-refractivity contribution >= 4 is 17.4 Å². The monoisotopic (exact) mass is 303 g/mol. The number of carbonyl (C=O) groups excluding carboxylic acids is 1. The summed E-state index contributed by atoms with van der Waals surface area (Å²) in [5, 5.41) is 0.707. The Morgan fingerprint density at radius 2 is 1.86 bits per heavy atom. The summed E-state index contributed by atoms with van der Waals surface area (Å²) >= 11 is 5.85. The quantitative estimate of drug-likeness (QED) is 0.716. The Morgan fingerprint density at radius 3 is 2.48 bits per heavy atom. The predicted octanol–water partition coefficient (Wildman–Crippen LogP) is 4.30. The summed E-state index contributed by atoms with van der Waals surface area (Å²) in [5.41, 5.74) is 1.73. The lowest BCUT2D eigenvalue weighted by atomic mass is 10.0. The van der Waals surface area contributed by atoms with Gasteiger partial charge in [-0.15, -0.1) is 0 Å². The Balaban J connectivity index is 1.88. The maximum absolute atomic E-state index is 12.1. The van der Waals surface area contributed by atoms with E-state index in [1.165, 1.54) is 0 Å². The van der Waals surface area contributed by atoms with Crippen molar-refractivity contribution in [3.63, 3.8) is 0 Å². The molecule has 0 spiro atoms. The third kappa shape index (κ3) is 4.96. The molecular weight excluding hydrogens is 286 g/mol.